The topological polar surface area (TPSA) is 50.7 Å². The zero-order chi connectivity index (χ0) is 12.3. The van der Waals surface area contributed by atoms with Gasteiger partial charge in [-0.25, -0.2) is 5.43 Å². The van der Waals surface area contributed by atoms with Crippen molar-refractivity contribution in [2.24, 2.45) is 5.10 Å². The molecule has 1 aliphatic rings. The molecule has 0 saturated carbocycles. The van der Waals surface area contributed by atoms with Crippen LogP contribution in [0.1, 0.15) is 30.9 Å². The Morgan fingerprint density at radius 1 is 1.47 bits per heavy atom. The number of hydrogen-bond acceptors (Lipinski definition) is 3. The number of hydrogen-bond donors (Lipinski definition) is 1. The van der Waals surface area contributed by atoms with Crippen molar-refractivity contribution in [3.8, 4) is 5.75 Å². The third-order valence-corrected chi connectivity index (χ3v) is 2.90. The quantitative estimate of drug-likeness (QED) is 0.809. The molecule has 0 radical (unpaired) electrons. The van der Waals surface area contributed by atoms with Gasteiger partial charge in [0.2, 0.25) is 5.91 Å². The molecule has 0 bridgehead atoms. The van der Waals surface area contributed by atoms with Gasteiger partial charge in [-0.3, -0.25) is 4.79 Å². The monoisotopic (exact) mass is 232 g/mol. The van der Waals surface area contributed by atoms with E-state index >= 15 is 0 Å². The van der Waals surface area contributed by atoms with E-state index in [1.165, 1.54) is 5.56 Å². The first-order valence-corrected chi connectivity index (χ1v) is 5.77. The summed E-state index contributed by atoms with van der Waals surface area (Å²) in [6.07, 6.45) is 2.29. The molecule has 17 heavy (non-hydrogen) atoms. The summed E-state index contributed by atoms with van der Waals surface area (Å²) >= 11 is 0. The molecule has 0 aliphatic heterocycles. The minimum atomic E-state index is -0.0613. The molecule has 1 aliphatic carbocycles. The van der Waals surface area contributed by atoms with E-state index in [-0.39, 0.29) is 5.91 Å². The van der Waals surface area contributed by atoms with E-state index in [4.69, 9.17) is 4.74 Å². The third kappa shape index (κ3) is 2.46. The fourth-order valence-electron chi connectivity index (χ4n) is 1.88. The van der Waals surface area contributed by atoms with Crippen LogP contribution in [0.3, 0.4) is 0 Å². The van der Waals surface area contributed by atoms with Crippen LogP contribution in [0.5, 0.6) is 5.75 Å². The van der Waals surface area contributed by atoms with Gasteiger partial charge >= 0.3 is 0 Å². The number of carbonyl (C=O) groups excluding carboxylic acids is 1. The van der Waals surface area contributed by atoms with Crippen LogP contribution in [-0.4, -0.2) is 18.7 Å². The summed E-state index contributed by atoms with van der Waals surface area (Å²) in [5.74, 6) is 0.758. The lowest BCUT2D eigenvalue weighted by atomic mass is 10.1. The van der Waals surface area contributed by atoms with Crippen LogP contribution in [0.2, 0.25) is 0 Å². The smallest absolute Gasteiger partial charge is 0.239 e. The van der Waals surface area contributed by atoms with Crippen LogP contribution >= 0.6 is 0 Å². The van der Waals surface area contributed by atoms with Crippen molar-refractivity contribution in [2.75, 3.05) is 7.11 Å². The first kappa shape index (κ1) is 11.6. The lowest BCUT2D eigenvalue weighted by molar-refractivity contribution is -0.120. The number of rotatable bonds is 3. The predicted molar refractivity (Wildman–Crippen MR) is 66.3 cm³/mol. The average Bonchev–Trinajstić information content (AvgIpc) is 2.78. The molecule has 0 unspecified atom stereocenters. The lowest BCUT2D eigenvalue weighted by Crippen LogP contribution is -2.17. The van der Waals surface area contributed by atoms with E-state index in [0.717, 1.165) is 29.9 Å². The zero-order valence-corrected chi connectivity index (χ0v) is 10.1. The summed E-state index contributed by atoms with van der Waals surface area (Å²) in [5.41, 5.74) is 5.84. The number of benzene rings is 1. The second-order valence-corrected chi connectivity index (χ2v) is 3.97. The van der Waals surface area contributed by atoms with Crippen LogP contribution in [0, 0.1) is 0 Å². The van der Waals surface area contributed by atoms with Gasteiger partial charge < -0.3 is 4.74 Å². The molecule has 1 aromatic carbocycles. The number of nitrogens with zero attached hydrogens (tertiary/aromatic N) is 1. The van der Waals surface area contributed by atoms with E-state index in [9.17, 15) is 4.79 Å². The average molecular weight is 232 g/mol. The van der Waals surface area contributed by atoms with Crippen LogP contribution in [0.25, 0.3) is 0 Å². The lowest BCUT2D eigenvalue weighted by Gasteiger charge is -2.04. The van der Waals surface area contributed by atoms with Crippen molar-refractivity contribution in [3.63, 3.8) is 0 Å². The van der Waals surface area contributed by atoms with Gasteiger partial charge in [-0.15, -0.1) is 0 Å². The fourth-order valence-corrected chi connectivity index (χ4v) is 1.88. The summed E-state index contributed by atoms with van der Waals surface area (Å²) in [6, 6.07) is 5.98. The minimum Gasteiger partial charge on any atom is -0.497 e. The van der Waals surface area contributed by atoms with Crippen LogP contribution in [0.4, 0.5) is 0 Å². The Morgan fingerprint density at radius 3 is 3.00 bits per heavy atom. The number of fused-ring (bicyclic) bond motifs is 1. The standard InChI is InChI=1S/C13H16N2O2/c1-3-13(16)15-14-12-7-5-9-4-6-10(17-2)8-11(9)12/h4,6,8H,3,5,7H2,1-2H3,(H,15,16). The minimum absolute atomic E-state index is 0.0613. The highest BCUT2D eigenvalue weighted by Crippen LogP contribution is 2.26. The molecule has 1 aromatic rings. The van der Waals surface area contributed by atoms with Crippen molar-refractivity contribution in [3.05, 3.63) is 29.3 Å². The first-order chi connectivity index (χ1) is 8.24. The Balaban J connectivity index is 2.23. The predicted octanol–water partition coefficient (Wildman–Crippen LogP) is 1.87. The molecule has 1 amide bonds. The van der Waals surface area contributed by atoms with Crippen molar-refractivity contribution in [2.45, 2.75) is 26.2 Å². The number of amides is 1. The maximum atomic E-state index is 11.2. The van der Waals surface area contributed by atoms with E-state index in [0.29, 0.717) is 6.42 Å². The molecule has 90 valence electrons. The number of carbonyl (C=O) groups is 1. The van der Waals surface area contributed by atoms with Gasteiger partial charge in [0.05, 0.1) is 12.8 Å². The van der Waals surface area contributed by atoms with Gasteiger partial charge in [0.1, 0.15) is 5.75 Å². The van der Waals surface area contributed by atoms with Crippen LogP contribution in [0.15, 0.2) is 23.3 Å². The van der Waals surface area contributed by atoms with E-state index in [1.807, 2.05) is 12.1 Å². The van der Waals surface area contributed by atoms with E-state index in [1.54, 1.807) is 14.0 Å². The molecule has 0 saturated heterocycles. The van der Waals surface area contributed by atoms with Gasteiger partial charge in [0.25, 0.3) is 0 Å². The molecular formula is C13H16N2O2. The Kier molecular flexibility index (Phi) is 3.42. The maximum Gasteiger partial charge on any atom is 0.239 e. The van der Waals surface area contributed by atoms with Crippen molar-refractivity contribution >= 4 is 11.6 Å². The van der Waals surface area contributed by atoms with E-state index in [2.05, 4.69) is 16.6 Å². The Labute approximate surface area is 101 Å². The highest BCUT2D eigenvalue weighted by Gasteiger charge is 2.18. The Bertz CT molecular complexity index is 466. The largest absolute Gasteiger partial charge is 0.497 e. The molecule has 0 heterocycles. The second kappa shape index (κ2) is 4.99. The Hall–Kier alpha value is -1.84. The second-order valence-electron chi connectivity index (χ2n) is 3.97. The van der Waals surface area contributed by atoms with Crippen LogP contribution in [-0.2, 0) is 11.2 Å². The first-order valence-electron chi connectivity index (χ1n) is 5.77. The molecule has 0 atom stereocenters. The van der Waals surface area contributed by atoms with Gasteiger partial charge in [0.15, 0.2) is 0 Å². The number of nitrogens with one attached hydrogen (secondary N) is 1. The Morgan fingerprint density at radius 2 is 2.29 bits per heavy atom. The van der Waals surface area contributed by atoms with Gasteiger partial charge in [-0.1, -0.05) is 13.0 Å². The summed E-state index contributed by atoms with van der Waals surface area (Å²) in [7, 11) is 1.65. The number of methoxy groups -OCH3 is 1. The summed E-state index contributed by atoms with van der Waals surface area (Å²) in [4.78, 5) is 11.2. The molecule has 2 rings (SSSR count). The van der Waals surface area contributed by atoms with E-state index < -0.39 is 0 Å². The molecule has 0 aromatic heterocycles. The van der Waals surface area contributed by atoms with Gasteiger partial charge in [-0.2, -0.15) is 5.10 Å². The van der Waals surface area contributed by atoms with Crippen molar-refractivity contribution in [1.29, 1.82) is 0 Å². The summed E-state index contributed by atoms with van der Waals surface area (Å²) in [5, 5.41) is 4.17. The summed E-state index contributed by atoms with van der Waals surface area (Å²) < 4.78 is 5.19. The van der Waals surface area contributed by atoms with Crippen molar-refractivity contribution in [1.82, 2.24) is 5.43 Å². The zero-order valence-electron chi connectivity index (χ0n) is 10.1. The highest BCUT2D eigenvalue weighted by atomic mass is 16.5. The fraction of sp³-hybridized carbons (Fsp3) is 0.385. The molecule has 0 spiro atoms. The highest BCUT2D eigenvalue weighted by molar-refractivity contribution is 6.05. The summed E-state index contributed by atoms with van der Waals surface area (Å²) in [6.45, 7) is 1.81. The van der Waals surface area contributed by atoms with Crippen molar-refractivity contribution < 1.29 is 9.53 Å². The maximum absolute atomic E-state index is 11.2. The SMILES string of the molecule is CCC(=O)NN=C1CCc2ccc(OC)cc21. The number of aryl methyl sites for hydroxylation is 1. The molecule has 4 heteroatoms. The number of ether oxygens (including phenoxy) is 1. The normalized spacial score (nSPS) is 15.8. The molecule has 0 fully saturated rings. The van der Waals surface area contributed by atoms with Crippen LogP contribution < -0.4 is 10.2 Å². The number of hydrazone groups is 1. The van der Waals surface area contributed by atoms with Gasteiger partial charge in [-0.05, 0) is 30.5 Å². The molecular weight excluding hydrogens is 216 g/mol. The molecule has 4 nitrogen and oxygen atoms in total. The van der Waals surface area contributed by atoms with Gasteiger partial charge in [0, 0.05) is 12.0 Å². The third-order valence-electron chi connectivity index (χ3n) is 2.90. The molecule has 1 N–H and O–H groups in total.